The van der Waals surface area contributed by atoms with Gasteiger partial charge in [0.25, 0.3) is 0 Å². The molecule has 2 nitrogen and oxygen atoms in total. The molecule has 0 unspecified atom stereocenters. The molecule has 4 heteroatoms. The van der Waals surface area contributed by atoms with Crippen LogP contribution in [0.25, 0.3) is 0 Å². The second-order valence-corrected chi connectivity index (χ2v) is 6.30. The third-order valence-corrected chi connectivity index (χ3v) is 4.20. The first-order valence-corrected chi connectivity index (χ1v) is 6.65. The molecule has 0 aromatic carbocycles. The van der Waals surface area contributed by atoms with Gasteiger partial charge in [0.2, 0.25) is 0 Å². The Hall–Kier alpha value is -0.160. The van der Waals surface area contributed by atoms with E-state index >= 15 is 0 Å². The van der Waals surface area contributed by atoms with Crippen LogP contribution in [-0.2, 0) is 6.54 Å². The standard InChI is InChI=1S/C11H14BrNOS/c12-11-4-3-10(15-11)6-13-9-2-1-8(5-9)7-14/h1-4,8-9,13-14H,5-7H2/t8-,9+/m0/s1. The predicted molar refractivity (Wildman–Crippen MR) is 67.0 cm³/mol. The van der Waals surface area contributed by atoms with Gasteiger partial charge in [0.15, 0.2) is 0 Å². The molecule has 0 spiro atoms. The number of thiophene rings is 1. The SMILES string of the molecule is OC[C@H]1C=C[C@@H](NCc2ccc(Br)s2)C1. The molecular weight excluding hydrogens is 274 g/mol. The zero-order valence-corrected chi connectivity index (χ0v) is 10.7. The molecule has 0 bridgehead atoms. The maximum atomic E-state index is 8.99. The van der Waals surface area contributed by atoms with Crippen LogP contribution in [0, 0.1) is 5.92 Å². The van der Waals surface area contributed by atoms with Gasteiger partial charge in [0.05, 0.1) is 3.79 Å². The van der Waals surface area contributed by atoms with Gasteiger partial charge in [0, 0.05) is 30.0 Å². The molecule has 0 aliphatic heterocycles. The third kappa shape index (κ3) is 3.14. The number of aliphatic hydroxyl groups is 1. The van der Waals surface area contributed by atoms with Crippen molar-refractivity contribution >= 4 is 27.3 Å². The maximum Gasteiger partial charge on any atom is 0.0701 e. The highest BCUT2D eigenvalue weighted by atomic mass is 79.9. The lowest BCUT2D eigenvalue weighted by Crippen LogP contribution is -2.25. The van der Waals surface area contributed by atoms with E-state index in [1.54, 1.807) is 11.3 Å². The summed E-state index contributed by atoms with van der Waals surface area (Å²) in [5, 5.41) is 12.5. The van der Waals surface area contributed by atoms with Crippen LogP contribution in [0.2, 0.25) is 0 Å². The van der Waals surface area contributed by atoms with Crippen molar-refractivity contribution in [2.24, 2.45) is 5.92 Å². The van der Waals surface area contributed by atoms with Crippen LogP contribution in [0.5, 0.6) is 0 Å². The molecular formula is C11H14BrNOS. The van der Waals surface area contributed by atoms with E-state index in [-0.39, 0.29) is 6.61 Å². The third-order valence-electron chi connectivity index (χ3n) is 2.57. The fraction of sp³-hybridized carbons (Fsp3) is 0.455. The quantitative estimate of drug-likeness (QED) is 0.835. The predicted octanol–water partition coefficient (Wildman–Crippen LogP) is 2.54. The average Bonchev–Trinajstić information content (AvgIpc) is 2.83. The molecule has 0 saturated heterocycles. The minimum absolute atomic E-state index is 0.263. The molecule has 1 heterocycles. The Balaban J connectivity index is 1.78. The second-order valence-electron chi connectivity index (χ2n) is 3.76. The first kappa shape index (κ1) is 11.3. The van der Waals surface area contributed by atoms with Crippen molar-refractivity contribution in [3.63, 3.8) is 0 Å². The van der Waals surface area contributed by atoms with Gasteiger partial charge in [-0.05, 0) is 34.5 Å². The van der Waals surface area contributed by atoms with Crippen molar-refractivity contribution in [3.8, 4) is 0 Å². The Labute approximate surface area is 102 Å². The maximum absolute atomic E-state index is 8.99. The van der Waals surface area contributed by atoms with Gasteiger partial charge in [-0.1, -0.05) is 12.2 Å². The van der Waals surface area contributed by atoms with E-state index in [0.29, 0.717) is 12.0 Å². The summed E-state index contributed by atoms with van der Waals surface area (Å²) in [5.41, 5.74) is 0. The van der Waals surface area contributed by atoms with Crippen LogP contribution in [0.15, 0.2) is 28.1 Å². The van der Waals surface area contributed by atoms with E-state index < -0.39 is 0 Å². The minimum atomic E-state index is 0.263. The number of hydrogen-bond donors (Lipinski definition) is 2. The molecule has 1 aromatic rings. The number of hydrogen-bond acceptors (Lipinski definition) is 3. The molecule has 0 fully saturated rings. The fourth-order valence-corrected chi connectivity index (χ4v) is 3.17. The van der Waals surface area contributed by atoms with E-state index in [4.69, 9.17) is 5.11 Å². The molecule has 2 rings (SSSR count). The molecule has 82 valence electrons. The summed E-state index contributed by atoms with van der Waals surface area (Å²) in [4.78, 5) is 1.34. The largest absolute Gasteiger partial charge is 0.396 e. The molecule has 0 saturated carbocycles. The second kappa shape index (κ2) is 5.25. The summed E-state index contributed by atoms with van der Waals surface area (Å²) >= 11 is 5.21. The highest BCUT2D eigenvalue weighted by molar-refractivity contribution is 9.11. The van der Waals surface area contributed by atoms with Gasteiger partial charge in [0.1, 0.15) is 0 Å². The molecule has 2 atom stereocenters. The molecule has 0 radical (unpaired) electrons. The van der Waals surface area contributed by atoms with Crippen molar-refractivity contribution < 1.29 is 5.11 Å². The Morgan fingerprint density at radius 2 is 2.33 bits per heavy atom. The zero-order valence-electron chi connectivity index (χ0n) is 8.32. The first-order valence-electron chi connectivity index (χ1n) is 5.04. The average molecular weight is 288 g/mol. The lowest BCUT2D eigenvalue weighted by molar-refractivity contribution is 0.246. The van der Waals surface area contributed by atoms with Crippen molar-refractivity contribution in [1.29, 1.82) is 0 Å². The Kier molecular flexibility index (Phi) is 3.97. The number of nitrogens with one attached hydrogen (secondary N) is 1. The van der Waals surface area contributed by atoms with Crippen molar-refractivity contribution in [2.75, 3.05) is 6.61 Å². The van der Waals surface area contributed by atoms with Crippen LogP contribution in [0.3, 0.4) is 0 Å². The zero-order chi connectivity index (χ0) is 10.7. The summed E-state index contributed by atoms with van der Waals surface area (Å²) in [6.45, 7) is 1.17. The van der Waals surface area contributed by atoms with Crippen molar-refractivity contribution in [1.82, 2.24) is 5.32 Å². The number of aliphatic hydroxyl groups excluding tert-OH is 1. The van der Waals surface area contributed by atoms with Gasteiger partial charge in [-0.3, -0.25) is 0 Å². The summed E-state index contributed by atoms with van der Waals surface area (Å²) in [6, 6.07) is 4.62. The van der Waals surface area contributed by atoms with E-state index in [0.717, 1.165) is 13.0 Å². The molecule has 15 heavy (non-hydrogen) atoms. The van der Waals surface area contributed by atoms with Gasteiger partial charge in [-0.2, -0.15) is 0 Å². The smallest absolute Gasteiger partial charge is 0.0701 e. The van der Waals surface area contributed by atoms with Gasteiger partial charge in [-0.25, -0.2) is 0 Å². The van der Waals surface area contributed by atoms with Crippen LogP contribution >= 0.6 is 27.3 Å². The van der Waals surface area contributed by atoms with Crippen LogP contribution < -0.4 is 5.32 Å². The number of rotatable bonds is 4. The lowest BCUT2D eigenvalue weighted by atomic mass is 10.1. The highest BCUT2D eigenvalue weighted by Crippen LogP contribution is 2.23. The molecule has 1 aromatic heterocycles. The fourth-order valence-electron chi connectivity index (χ4n) is 1.74. The Morgan fingerprint density at radius 1 is 1.47 bits per heavy atom. The molecule has 1 aliphatic carbocycles. The Morgan fingerprint density at radius 3 is 2.93 bits per heavy atom. The van der Waals surface area contributed by atoms with E-state index in [1.807, 2.05) is 0 Å². The van der Waals surface area contributed by atoms with Crippen LogP contribution in [0.4, 0.5) is 0 Å². The Bertz CT molecular complexity index is 350. The van der Waals surface area contributed by atoms with E-state index in [2.05, 4.69) is 45.5 Å². The van der Waals surface area contributed by atoms with E-state index in [9.17, 15) is 0 Å². The lowest BCUT2D eigenvalue weighted by Gasteiger charge is -2.11. The topological polar surface area (TPSA) is 32.3 Å². The molecule has 1 aliphatic rings. The van der Waals surface area contributed by atoms with Crippen molar-refractivity contribution in [3.05, 3.63) is 32.9 Å². The van der Waals surface area contributed by atoms with Gasteiger partial charge in [-0.15, -0.1) is 11.3 Å². The molecule has 0 amide bonds. The summed E-state index contributed by atoms with van der Waals surface area (Å²) < 4.78 is 1.18. The van der Waals surface area contributed by atoms with Gasteiger partial charge >= 0.3 is 0 Å². The highest BCUT2D eigenvalue weighted by Gasteiger charge is 2.17. The van der Waals surface area contributed by atoms with Crippen LogP contribution in [-0.4, -0.2) is 17.8 Å². The van der Waals surface area contributed by atoms with Crippen molar-refractivity contribution in [2.45, 2.75) is 19.0 Å². The van der Waals surface area contributed by atoms with Crippen LogP contribution in [0.1, 0.15) is 11.3 Å². The first-order chi connectivity index (χ1) is 7.28. The van der Waals surface area contributed by atoms with E-state index in [1.165, 1.54) is 8.66 Å². The molecule has 2 N–H and O–H groups in total. The summed E-state index contributed by atoms with van der Waals surface area (Å²) in [5.74, 6) is 0.345. The minimum Gasteiger partial charge on any atom is -0.396 e. The number of halogens is 1. The monoisotopic (exact) mass is 287 g/mol. The van der Waals surface area contributed by atoms with Gasteiger partial charge < -0.3 is 10.4 Å². The summed E-state index contributed by atoms with van der Waals surface area (Å²) in [6.07, 6.45) is 5.27. The summed E-state index contributed by atoms with van der Waals surface area (Å²) in [7, 11) is 0. The normalized spacial score (nSPS) is 24.9.